The van der Waals surface area contributed by atoms with E-state index in [0.29, 0.717) is 21.9 Å². The van der Waals surface area contributed by atoms with Crippen LogP contribution in [0, 0.1) is 5.82 Å². The molecule has 1 N–H and O–H groups in total. The van der Waals surface area contributed by atoms with Crippen molar-refractivity contribution in [3.8, 4) is 0 Å². The zero-order chi connectivity index (χ0) is 17.4. The summed E-state index contributed by atoms with van der Waals surface area (Å²) in [6, 6.07) is 5.63. The van der Waals surface area contributed by atoms with Gasteiger partial charge < -0.3 is 10.1 Å². The zero-order valence-electron chi connectivity index (χ0n) is 14.4. The largest absolute Gasteiger partial charge is 0.380 e. The van der Waals surface area contributed by atoms with Gasteiger partial charge >= 0.3 is 0 Å². The molecule has 4 rings (SSSR count). The van der Waals surface area contributed by atoms with E-state index < -0.39 is 0 Å². The molecule has 134 valence electrons. The summed E-state index contributed by atoms with van der Waals surface area (Å²) in [7, 11) is 1.57. The van der Waals surface area contributed by atoms with E-state index in [1.807, 2.05) is 6.07 Å². The molecular weight excluding hydrogens is 339 g/mol. The second kappa shape index (κ2) is 7.02. The van der Waals surface area contributed by atoms with Crippen molar-refractivity contribution in [2.24, 2.45) is 0 Å². The summed E-state index contributed by atoms with van der Waals surface area (Å²) in [5.74, 6) is -0.385. The maximum Gasteiger partial charge on any atom is 0.262 e. The van der Waals surface area contributed by atoms with E-state index >= 15 is 0 Å². The highest BCUT2D eigenvalue weighted by Crippen LogP contribution is 2.34. The quantitative estimate of drug-likeness (QED) is 0.904. The molecular formula is C19H23FN2O2S. The van der Waals surface area contributed by atoms with Gasteiger partial charge in [0.15, 0.2) is 0 Å². The molecule has 2 aromatic rings. The zero-order valence-corrected chi connectivity index (χ0v) is 15.2. The van der Waals surface area contributed by atoms with Gasteiger partial charge in [0, 0.05) is 41.4 Å². The molecule has 25 heavy (non-hydrogen) atoms. The van der Waals surface area contributed by atoms with E-state index in [1.165, 1.54) is 30.2 Å². The highest BCUT2D eigenvalue weighted by molar-refractivity contribution is 7.21. The second-order valence-electron chi connectivity index (χ2n) is 6.92. The minimum absolute atomic E-state index is 0.0925. The van der Waals surface area contributed by atoms with Crippen LogP contribution in [-0.4, -0.2) is 43.1 Å². The van der Waals surface area contributed by atoms with Crippen LogP contribution >= 0.6 is 11.3 Å². The number of fused-ring (bicyclic) bond motifs is 2. The molecule has 0 saturated carbocycles. The summed E-state index contributed by atoms with van der Waals surface area (Å²) >= 11 is 1.35. The van der Waals surface area contributed by atoms with Crippen LogP contribution in [-0.2, 0) is 11.3 Å². The smallest absolute Gasteiger partial charge is 0.262 e. The Morgan fingerprint density at radius 1 is 1.36 bits per heavy atom. The van der Waals surface area contributed by atoms with Crippen LogP contribution < -0.4 is 5.32 Å². The standard InChI is InChI=1S/C19H23FN2O2S/c1-24-11-12-17-13(20)5-4-7-16(17)25-18(12)19(23)21-14-8-10-22-9-3-2-6-15(14)22/h4-5,7,14-15H,2-3,6,8-11H2,1H3,(H,21,23)/t14-,15-/m1/s1. The number of hydrogen-bond donors (Lipinski definition) is 1. The number of benzene rings is 1. The Labute approximate surface area is 151 Å². The highest BCUT2D eigenvalue weighted by Gasteiger charge is 2.36. The van der Waals surface area contributed by atoms with E-state index in [-0.39, 0.29) is 24.4 Å². The third-order valence-corrected chi connectivity index (χ3v) is 6.63. The van der Waals surface area contributed by atoms with Crippen molar-refractivity contribution in [2.75, 3.05) is 20.2 Å². The van der Waals surface area contributed by atoms with Crippen molar-refractivity contribution >= 4 is 27.3 Å². The van der Waals surface area contributed by atoms with Crippen molar-refractivity contribution < 1.29 is 13.9 Å². The fraction of sp³-hybridized carbons (Fsp3) is 0.526. The number of ether oxygens (including phenoxy) is 1. The van der Waals surface area contributed by atoms with Crippen molar-refractivity contribution in [1.29, 1.82) is 0 Å². The van der Waals surface area contributed by atoms with Crippen molar-refractivity contribution in [2.45, 2.75) is 44.4 Å². The van der Waals surface area contributed by atoms with Crippen LogP contribution in [0.3, 0.4) is 0 Å². The Morgan fingerprint density at radius 2 is 2.24 bits per heavy atom. The third-order valence-electron chi connectivity index (χ3n) is 5.43. The molecule has 6 heteroatoms. The predicted molar refractivity (Wildman–Crippen MR) is 97.6 cm³/mol. The highest BCUT2D eigenvalue weighted by atomic mass is 32.1. The first-order valence-corrected chi connectivity index (χ1v) is 9.74. The lowest BCUT2D eigenvalue weighted by Crippen LogP contribution is -2.46. The topological polar surface area (TPSA) is 41.6 Å². The fourth-order valence-electron chi connectivity index (χ4n) is 4.28. The second-order valence-corrected chi connectivity index (χ2v) is 7.98. The van der Waals surface area contributed by atoms with Gasteiger partial charge in [0.2, 0.25) is 0 Å². The first kappa shape index (κ1) is 16.9. The summed E-state index contributed by atoms with van der Waals surface area (Å²) in [6.07, 6.45) is 4.63. The SMILES string of the molecule is COCc1c(C(=O)N[C@@H]2CCN3CCCC[C@H]23)sc2cccc(F)c12. The van der Waals surface area contributed by atoms with E-state index in [2.05, 4.69) is 10.2 Å². The number of carbonyl (C=O) groups excluding carboxylic acids is 1. The molecule has 2 aliphatic heterocycles. The average Bonchev–Trinajstić information content (AvgIpc) is 3.18. The lowest BCUT2D eigenvalue weighted by molar-refractivity contribution is 0.0915. The number of rotatable bonds is 4. The van der Waals surface area contributed by atoms with Gasteiger partial charge in [-0.15, -0.1) is 11.3 Å². The van der Waals surface area contributed by atoms with Gasteiger partial charge in [-0.1, -0.05) is 12.5 Å². The minimum Gasteiger partial charge on any atom is -0.380 e. The van der Waals surface area contributed by atoms with Gasteiger partial charge in [-0.3, -0.25) is 9.69 Å². The Hall–Kier alpha value is -1.50. The van der Waals surface area contributed by atoms with E-state index in [1.54, 1.807) is 13.2 Å². The molecule has 0 unspecified atom stereocenters. The normalized spacial score (nSPS) is 23.8. The van der Waals surface area contributed by atoms with Gasteiger partial charge in [0.05, 0.1) is 11.5 Å². The number of methoxy groups -OCH3 is 1. The Morgan fingerprint density at radius 3 is 3.08 bits per heavy atom. The summed E-state index contributed by atoms with van der Waals surface area (Å²) in [6.45, 7) is 2.44. The molecule has 1 aromatic carbocycles. The van der Waals surface area contributed by atoms with Crippen molar-refractivity contribution in [1.82, 2.24) is 10.2 Å². The molecule has 0 radical (unpaired) electrons. The Balaban J connectivity index is 1.61. The first-order valence-electron chi connectivity index (χ1n) is 8.93. The maximum absolute atomic E-state index is 14.3. The van der Waals surface area contributed by atoms with Crippen LogP contribution in [0.1, 0.15) is 40.9 Å². The summed E-state index contributed by atoms with van der Waals surface area (Å²) in [5.41, 5.74) is 0.664. The van der Waals surface area contributed by atoms with Gasteiger partial charge in [-0.05, 0) is 37.9 Å². The van der Waals surface area contributed by atoms with Crippen LogP contribution in [0.15, 0.2) is 18.2 Å². The summed E-state index contributed by atoms with van der Waals surface area (Å²) in [4.78, 5) is 16.0. The lowest BCUT2D eigenvalue weighted by Gasteiger charge is -2.32. The number of hydrogen-bond acceptors (Lipinski definition) is 4. The summed E-state index contributed by atoms with van der Waals surface area (Å²) in [5, 5.41) is 3.74. The number of piperidine rings is 1. The average molecular weight is 362 g/mol. The number of carbonyl (C=O) groups is 1. The molecule has 4 nitrogen and oxygen atoms in total. The monoisotopic (exact) mass is 362 g/mol. The summed E-state index contributed by atoms with van der Waals surface area (Å²) < 4.78 is 20.3. The minimum atomic E-state index is -0.292. The van der Waals surface area contributed by atoms with Gasteiger partial charge in [-0.25, -0.2) is 4.39 Å². The van der Waals surface area contributed by atoms with Crippen LogP contribution in [0.4, 0.5) is 4.39 Å². The van der Waals surface area contributed by atoms with Gasteiger partial charge in [-0.2, -0.15) is 0 Å². The molecule has 2 fully saturated rings. The number of halogens is 1. The molecule has 1 aromatic heterocycles. The van der Waals surface area contributed by atoms with Gasteiger partial charge in [0.1, 0.15) is 5.82 Å². The molecule has 1 amide bonds. The first-order chi connectivity index (χ1) is 12.2. The Bertz CT molecular complexity index is 791. The third kappa shape index (κ3) is 3.07. The Kier molecular flexibility index (Phi) is 4.75. The predicted octanol–water partition coefficient (Wildman–Crippen LogP) is 3.54. The number of nitrogens with one attached hydrogen (secondary N) is 1. The lowest BCUT2D eigenvalue weighted by atomic mass is 9.99. The molecule has 2 atom stereocenters. The van der Waals surface area contributed by atoms with Crippen molar-refractivity contribution in [3.63, 3.8) is 0 Å². The number of nitrogens with zero attached hydrogens (tertiary/aromatic N) is 1. The molecule has 2 aliphatic rings. The van der Waals surface area contributed by atoms with E-state index in [9.17, 15) is 9.18 Å². The van der Waals surface area contributed by atoms with Crippen LogP contribution in [0.2, 0.25) is 0 Å². The molecule has 2 saturated heterocycles. The number of thiophene rings is 1. The molecule has 3 heterocycles. The van der Waals surface area contributed by atoms with Crippen LogP contribution in [0.5, 0.6) is 0 Å². The van der Waals surface area contributed by atoms with E-state index in [0.717, 1.165) is 30.6 Å². The van der Waals surface area contributed by atoms with Crippen LogP contribution in [0.25, 0.3) is 10.1 Å². The molecule has 0 bridgehead atoms. The van der Waals surface area contributed by atoms with Gasteiger partial charge in [0.25, 0.3) is 5.91 Å². The maximum atomic E-state index is 14.3. The van der Waals surface area contributed by atoms with E-state index in [4.69, 9.17) is 4.74 Å². The number of amides is 1. The molecule has 0 spiro atoms. The fourth-order valence-corrected chi connectivity index (χ4v) is 5.41. The molecule has 0 aliphatic carbocycles. The van der Waals surface area contributed by atoms with Crippen molar-refractivity contribution in [3.05, 3.63) is 34.5 Å².